The van der Waals surface area contributed by atoms with Crippen LogP contribution in [0.1, 0.15) is 23.0 Å². The second-order valence-electron chi connectivity index (χ2n) is 6.18. The maximum absolute atomic E-state index is 12.3. The molecule has 142 valence electrons. The van der Waals surface area contributed by atoms with E-state index in [1.54, 1.807) is 36.4 Å². The van der Waals surface area contributed by atoms with Gasteiger partial charge in [-0.05, 0) is 42.3 Å². The van der Waals surface area contributed by atoms with E-state index < -0.39 is 0 Å². The molecule has 3 aromatic rings. The molecular formula is C21H21N5O2. The highest BCUT2D eigenvalue weighted by Gasteiger charge is 2.09. The quantitative estimate of drug-likeness (QED) is 0.589. The average Bonchev–Trinajstić information content (AvgIpc) is 2.69. The Morgan fingerprint density at radius 1 is 0.857 bits per heavy atom. The molecule has 28 heavy (non-hydrogen) atoms. The number of benzene rings is 2. The van der Waals surface area contributed by atoms with Crippen molar-refractivity contribution in [2.75, 3.05) is 22.5 Å². The van der Waals surface area contributed by atoms with Crippen molar-refractivity contribution in [2.45, 2.75) is 13.3 Å². The Labute approximate surface area is 163 Å². The Balaban J connectivity index is 1.54. The number of aromatic nitrogens is 2. The van der Waals surface area contributed by atoms with E-state index in [1.807, 2.05) is 18.2 Å². The molecule has 1 heterocycles. The number of hydrogen-bond donors (Lipinski definition) is 3. The third-order valence-corrected chi connectivity index (χ3v) is 3.90. The Morgan fingerprint density at radius 3 is 2.29 bits per heavy atom. The number of anilines is 3. The van der Waals surface area contributed by atoms with Gasteiger partial charge in [0.1, 0.15) is 5.82 Å². The molecule has 0 spiro atoms. The molecule has 0 unspecified atom stereocenters. The third-order valence-electron chi connectivity index (χ3n) is 3.90. The molecule has 3 N–H and O–H groups in total. The van der Waals surface area contributed by atoms with Crippen molar-refractivity contribution in [3.05, 3.63) is 78.0 Å². The summed E-state index contributed by atoms with van der Waals surface area (Å²) in [4.78, 5) is 23.5. The summed E-state index contributed by atoms with van der Waals surface area (Å²) >= 11 is 0. The van der Waals surface area contributed by atoms with E-state index in [0.717, 1.165) is 13.0 Å². The minimum atomic E-state index is -0.372. The average molecular weight is 375 g/mol. The van der Waals surface area contributed by atoms with Crippen LogP contribution in [0.25, 0.3) is 0 Å². The second kappa shape index (κ2) is 9.27. The van der Waals surface area contributed by atoms with Gasteiger partial charge in [0.05, 0.1) is 0 Å². The largest absolute Gasteiger partial charge is 0.368 e. The zero-order valence-electron chi connectivity index (χ0n) is 15.5. The van der Waals surface area contributed by atoms with Gasteiger partial charge in [-0.1, -0.05) is 36.4 Å². The summed E-state index contributed by atoms with van der Waals surface area (Å²) in [6, 6.07) is 20.4. The van der Waals surface area contributed by atoms with E-state index >= 15 is 0 Å². The van der Waals surface area contributed by atoms with E-state index in [0.29, 0.717) is 17.2 Å². The predicted molar refractivity (Wildman–Crippen MR) is 109 cm³/mol. The molecule has 7 nitrogen and oxygen atoms in total. The van der Waals surface area contributed by atoms with Crippen LogP contribution in [0.4, 0.5) is 17.2 Å². The third kappa shape index (κ3) is 5.63. The number of carbonyl (C=O) groups is 2. The van der Waals surface area contributed by atoms with Crippen LogP contribution in [0, 0.1) is 0 Å². The second-order valence-corrected chi connectivity index (χ2v) is 6.18. The first-order valence-electron chi connectivity index (χ1n) is 8.91. The van der Waals surface area contributed by atoms with Crippen LogP contribution in [0.2, 0.25) is 0 Å². The summed E-state index contributed by atoms with van der Waals surface area (Å²) in [7, 11) is 0. The van der Waals surface area contributed by atoms with Crippen molar-refractivity contribution >= 4 is 29.0 Å². The summed E-state index contributed by atoms with van der Waals surface area (Å²) < 4.78 is 0. The van der Waals surface area contributed by atoms with Crippen LogP contribution in [0.5, 0.6) is 0 Å². The topological polar surface area (TPSA) is 96.0 Å². The van der Waals surface area contributed by atoms with Gasteiger partial charge in [0.15, 0.2) is 5.69 Å². The fourth-order valence-corrected chi connectivity index (χ4v) is 2.60. The molecule has 0 bridgehead atoms. The predicted octanol–water partition coefficient (Wildman–Crippen LogP) is 3.34. The first-order valence-corrected chi connectivity index (χ1v) is 8.91. The van der Waals surface area contributed by atoms with E-state index in [9.17, 15) is 9.59 Å². The number of nitrogens with one attached hydrogen (secondary N) is 3. The van der Waals surface area contributed by atoms with Crippen molar-refractivity contribution < 1.29 is 9.59 Å². The van der Waals surface area contributed by atoms with Crippen molar-refractivity contribution in [3.63, 3.8) is 0 Å². The molecule has 0 atom stereocenters. The van der Waals surface area contributed by atoms with Gasteiger partial charge in [-0.25, -0.2) is 0 Å². The molecular weight excluding hydrogens is 354 g/mol. The van der Waals surface area contributed by atoms with Gasteiger partial charge >= 0.3 is 0 Å². The Morgan fingerprint density at radius 2 is 1.61 bits per heavy atom. The van der Waals surface area contributed by atoms with Gasteiger partial charge in [-0.2, -0.15) is 0 Å². The number of nitrogens with zero attached hydrogens (tertiary/aromatic N) is 2. The van der Waals surface area contributed by atoms with Crippen LogP contribution in [-0.4, -0.2) is 28.6 Å². The van der Waals surface area contributed by atoms with E-state index in [4.69, 9.17) is 0 Å². The maximum atomic E-state index is 12.3. The van der Waals surface area contributed by atoms with E-state index in [-0.39, 0.29) is 17.5 Å². The minimum Gasteiger partial charge on any atom is -0.368 e. The van der Waals surface area contributed by atoms with Crippen LogP contribution >= 0.6 is 0 Å². The van der Waals surface area contributed by atoms with Gasteiger partial charge in [0.2, 0.25) is 5.91 Å². The van der Waals surface area contributed by atoms with Crippen molar-refractivity contribution in [2.24, 2.45) is 0 Å². The number of hydrogen-bond acceptors (Lipinski definition) is 5. The molecule has 0 radical (unpaired) electrons. The zero-order chi connectivity index (χ0) is 19.8. The molecule has 0 fully saturated rings. The summed E-state index contributed by atoms with van der Waals surface area (Å²) in [5, 5.41) is 16.6. The normalized spacial score (nSPS) is 10.2. The lowest BCUT2D eigenvalue weighted by Crippen LogP contribution is -2.15. The smallest absolute Gasteiger partial charge is 0.276 e. The van der Waals surface area contributed by atoms with Crippen molar-refractivity contribution in [3.8, 4) is 0 Å². The SMILES string of the molecule is CC(=O)Nc1cccc(NC(=O)c2ccc(NCCc3ccccc3)nn2)c1. The highest BCUT2D eigenvalue weighted by atomic mass is 16.2. The monoisotopic (exact) mass is 375 g/mol. The highest BCUT2D eigenvalue weighted by molar-refractivity contribution is 6.03. The standard InChI is InChI=1S/C21H21N5O2/c1-15(27)23-17-8-5-9-18(14-17)24-21(28)19-10-11-20(26-25-19)22-13-12-16-6-3-2-4-7-16/h2-11,14H,12-13H2,1H3,(H,22,26)(H,23,27)(H,24,28). The lowest BCUT2D eigenvalue weighted by atomic mass is 10.1. The van der Waals surface area contributed by atoms with Crippen LogP contribution in [0.15, 0.2) is 66.7 Å². The molecule has 0 aliphatic carbocycles. The molecule has 2 aromatic carbocycles. The molecule has 2 amide bonds. The molecule has 1 aromatic heterocycles. The minimum absolute atomic E-state index is 0.176. The molecule has 0 aliphatic rings. The summed E-state index contributed by atoms with van der Waals surface area (Å²) in [5.74, 6) is 0.0631. The molecule has 7 heteroatoms. The lowest BCUT2D eigenvalue weighted by Gasteiger charge is -2.08. The Kier molecular flexibility index (Phi) is 6.30. The maximum Gasteiger partial charge on any atom is 0.276 e. The first-order chi connectivity index (χ1) is 13.6. The lowest BCUT2D eigenvalue weighted by molar-refractivity contribution is -0.114. The van der Waals surface area contributed by atoms with Crippen molar-refractivity contribution in [1.82, 2.24) is 10.2 Å². The molecule has 3 rings (SSSR count). The first kappa shape index (κ1) is 19.0. The zero-order valence-corrected chi connectivity index (χ0v) is 15.5. The highest BCUT2D eigenvalue weighted by Crippen LogP contribution is 2.16. The fourth-order valence-electron chi connectivity index (χ4n) is 2.60. The Bertz CT molecular complexity index is 943. The number of amides is 2. The van der Waals surface area contributed by atoms with Gasteiger partial charge < -0.3 is 16.0 Å². The molecule has 0 aliphatic heterocycles. The van der Waals surface area contributed by atoms with Crippen LogP contribution in [-0.2, 0) is 11.2 Å². The van der Waals surface area contributed by atoms with Gasteiger partial charge in [0.25, 0.3) is 5.91 Å². The number of carbonyl (C=O) groups excluding carboxylic acids is 2. The van der Waals surface area contributed by atoms with Crippen LogP contribution < -0.4 is 16.0 Å². The summed E-state index contributed by atoms with van der Waals surface area (Å²) in [5.41, 5.74) is 2.61. The van der Waals surface area contributed by atoms with Gasteiger partial charge in [-0.3, -0.25) is 9.59 Å². The number of rotatable bonds is 7. The van der Waals surface area contributed by atoms with E-state index in [2.05, 4.69) is 38.3 Å². The summed E-state index contributed by atoms with van der Waals surface area (Å²) in [6.07, 6.45) is 0.870. The van der Waals surface area contributed by atoms with E-state index in [1.165, 1.54) is 12.5 Å². The summed E-state index contributed by atoms with van der Waals surface area (Å²) in [6.45, 7) is 2.15. The fraction of sp³-hybridized carbons (Fsp3) is 0.143. The van der Waals surface area contributed by atoms with Crippen LogP contribution in [0.3, 0.4) is 0 Å². The van der Waals surface area contributed by atoms with Gasteiger partial charge in [-0.15, -0.1) is 10.2 Å². The molecule has 0 saturated carbocycles. The van der Waals surface area contributed by atoms with Crippen molar-refractivity contribution in [1.29, 1.82) is 0 Å². The molecule has 0 saturated heterocycles. The Hall–Kier alpha value is -3.74. The van der Waals surface area contributed by atoms with Gasteiger partial charge in [0, 0.05) is 24.8 Å².